The quantitative estimate of drug-likeness (QED) is 0.454. The molecule has 10 heteroatoms. The highest BCUT2D eigenvalue weighted by Crippen LogP contribution is 2.30. The Morgan fingerprint density at radius 3 is 2.81 bits per heavy atom. The minimum absolute atomic E-state index is 0.0817. The number of amides is 1. The van der Waals surface area contributed by atoms with E-state index in [0.29, 0.717) is 32.3 Å². The number of H-pyrrole nitrogens is 1. The third-order valence-electron chi connectivity index (χ3n) is 3.21. The number of aromatic amines is 1. The van der Waals surface area contributed by atoms with E-state index in [9.17, 15) is 9.90 Å². The van der Waals surface area contributed by atoms with Crippen LogP contribution in [-0.4, -0.2) is 31.9 Å². The van der Waals surface area contributed by atoms with E-state index in [1.807, 2.05) is 0 Å². The fourth-order valence-electron chi connectivity index (χ4n) is 2.03. The fourth-order valence-corrected chi connectivity index (χ4v) is 3.29. The van der Waals surface area contributed by atoms with Crippen molar-refractivity contribution >= 4 is 62.5 Å². The van der Waals surface area contributed by atoms with E-state index < -0.39 is 0 Å². The first-order chi connectivity index (χ1) is 12.4. The monoisotopic (exact) mass is 472 g/mol. The van der Waals surface area contributed by atoms with Gasteiger partial charge in [0.1, 0.15) is 5.75 Å². The average Bonchev–Trinajstić information content (AvgIpc) is 3.07. The van der Waals surface area contributed by atoms with Crippen LogP contribution in [0.15, 0.2) is 46.0 Å². The maximum absolute atomic E-state index is 12.0. The number of phenols is 1. The number of hydrogen-bond acceptors (Lipinski definition) is 5. The third-order valence-corrected chi connectivity index (χ3v) is 5.29. The highest BCUT2D eigenvalue weighted by Gasteiger charge is 2.12. The van der Waals surface area contributed by atoms with E-state index in [1.54, 1.807) is 36.4 Å². The summed E-state index contributed by atoms with van der Waals surface area (Å²) in [5, 5.41) is 20.6. The van der Waals surface area contributed by atoms with Gasteiger partial charge in [-0.15, -0.1) is 5.10 Å². The van der Waals surface area contributed by atoms with Crippen molar-refractivity contribution in [3.63, 3.8) is 0 Å². The minimum Gasteiger partial charge on any atom is -0.507 e. The smallest absolute Gasteiger partial charge is 0.234 e. The van der Waals surface area contributed by atoms with E-state index in [4.69, 9.17) is 23.2 Å². The highest BCUT2D eigenvalue weighted by atomic mass is 79.9. The molecule has 0 spiro atoms. The Morgan fingerprint density at radius 2 is 2.04 bits per heavy atom. The summed E-state index contributed by atoms with van der Waals surface area (Å²) in [5.74, 6) is 0.377. The molecule has 1 amide bonds. The SMILES string of the molecule is O=C(CSc1n[nH]c(-c2cc(Br)ccc2O)n1)Nc1ccc(Cl)c(Cl)c1. The lowest BCUT2D eigenvalue weighted by molar-refractivity contribution is -0.113. The normalized spacial score (nSPS) is 10.7. The van der Waals surface area contributed by atoms with Crippen molar-refractivity contribution in [2.24, 2.45) is 0 Å². The van der Waals surface area contributed by atoms with Crippen LogP contribution in [0.25, 0.3) is 11.4 Å². The zero-order valence-corrected chi connectivity index (χ0v) is 16.9. The van der Waals surface area contributed by atoms with Crippen LogP contribution in [0.4, 0.5) is 5.69 Å². The number of thioether (sulfide) groups is 1. The van der Waals surface area contributed by atoms with Crippen LogP contribution in [-0.2, 0) is 4.79 Å². The first kappa shape index (κ1) is 19.0. The first-order valence-electron chi connectivity index (χ1n) is 7.21. The summed E-state index contributed by atoms with van der Waals surface area (Å²) in [6, 6.07) is 9.85. The van der Waals surface area contributed by atoms with Crippen molar-refractivity contribution in [3.8, 4) is 17.1 Å². The van der Waals surface area contributed by atoms with Crippen molar-refractivity contribution in [2.75, 3.05) is 11.1 Å². The van der Waals surface area contributed by atoms with E-state index in [0.717, 1.165) is 16.2 Å². The number of benzene rings is 2. The standard InChI is InChI=1S/C16H11BrCl2N4O2S/c17-8-1-4-13(24)10(5-8)15-21-16(23-22-15)26-7-14(25)20-9-2-3-11(18)12(19)6-9/h1-6,24H,7H2,(H,20,25)(H,21,22,23). The molecule has 1 heterocycles. The van der Waals surface area contributed by atoms with E-state index in [-0.39, 0.29) is 17.4 Å². The number of nitrogens with zero attached hydrogens (tertiary/aromatic N) is 2. The first-order valence-corrected chi connectivity index (χ1v) is 9.75. The van der Waals surface area contributed by atoms with Crippen LogP contribution in [0.5, 0.6) is 5.75 Å². The molecule has 2 aromatic carbocycles. The molecule has 26 heavy (non-hydrogen) atoms. The summed E-state index contributed by atoms with van der Waals surface area (Å²) in [6.07, 6.45) is 0. The van der Waals surface area contributed by atoms with Gasteiger partial charge < -0.3 is 10.4 Å². The second-order valence-corrected chi connectivity index (χ2v) is 7.77. The van der Waals surface area contributed by atoms with Crippen LogP contribution in [0, 0.1) is 0 Å². The Labute approximate surface area is 171 Å². The second-order valence-electron chi connectivity index (χ2n) is 5.09. The van der Waals surface area contributed by atoms with Gasteiger partial charge in [0.25, 0.3) is 0 Å². The number of rotatable bonds is 5. The molecule has 0 radical (unpaired) electrons. The molecule has 0 fully saturated rings. The lowest BCUT2D eigenvalue weighted by Crippen LogP contribution is -2.14. The van der Waals surface area contributed by atoms with E-state index in [2.05, 4.69) is 36.4 Å². The van der Waals surface area contributed by atoms with Gasteiger partial charge in [-0.25, -0.2) is 4.98 Å². The molecule has 3 N–H and O–H groups in total. The molecule has 0 aliphatic heterocycles. The Morgan fingerprint density at radius 1 is 1.23 bits per heavy atom. The number of halogens is 3. The van der Waals surface area contributed by atoms with Gasteiger partial charge in [0.15, 0.2) is 5.82 Å². The molecule has 0 aliphatic rings. The molecule has 134 valence electrons. The molecule has 0 saturated heterocycles. The molecular weight excluding hydrogens is 463 g/mol. The molecular formula is C16H11BrCl2N4O2S. The van der Waals surface area contributed by atoms with Crippen LogP contribution < -0.4 is 5.32 Å². The number of carbonyl (C=O) groups is 1. The van der Waals surface area contributed by atoms with Crippen LogP contribution in [0.1, 0.15) is 0 Å². The topological polar surface area (TPSA) is 90.9 Å². The minimum atomic E-state index is -0.231. The Kier molecular flexibility index (Phi) is 6.08. The number of nitrogens with one attached hydrogen (secondary N) is 2. The number of anilines is 1. The fraction of sp³-hybridized carbons (Fsp3) is 0.0625. The number of aromatic hydroxyl groups is 1. The number of phenolic OH excluding ortho intramolecular Hbond substituents is 1. The van der Waals surface area contributed by atoms with Gasteiger partial charge in [-0.2, -0.15) is 0 Å². The van der Waals surface area contributed by atoms with E-state index >= 15 is 0 Å². The van der Waals surface area contributed by atoms with Crippen molar-refractivity contribution in [1.29, 1.82) is 0 Å². The number of aromatic nitrogens is 3. The molecule has 0 unspecified atom stereocenters. The van der Waals surface area contributed by atoms with Gasteiger partial charge in [-0.1, -0.05) is 50.9 Å². The summed E-state index contributed by atoms with van der Waals surface area (Å²) in [5.41, 5.74) is 1.07. The van der Waals surface area contributed by atoms with Crippen molar-refractivity contribution in [1.82, 2.24) is 15.2 Å². The van der Waals surface area contributed by atoms with Gasteiger partial charge >= 0.3 is 0 Å². The van der Waals surface area contributed by atoms with Crippen molar-refractivity contribution in [2.45, 2.75) is 5.16 Å². The Balaban J connectivity index is 1.61. The van der Waals surface area contributed by atoms with Crippen LogP contribution in [0.2, 0.25) is 10.0 Å². The number of hydrogen-bond donors (Lipinski definition) is 3. The molecule has 0 aliphatic carbocycles. The lowest BCUT2D eigenvalue weighted by atomic mass is 10.2. The molecule has 3 rings (SSSR count). The number of carbonyl (C=O) groups excluding carboxylic acids is 1. The van der Waals surface area contributed by atoms with Gasteiger partial charge in [-0.3, -0.25) is 9.89 Å². The Bertz CT molecular complexity index is 967. The van der Waals surface area contributed by atoms with Gasteiger partial charge in [0.05, 0.1) is 21.4 Å². The van der Waals surface area contributed by atoms with Crippen molar-refractivity contribution < 1.29 is 9.90 Å². The van der Waals surface area contributed by atoms with Gasteiger partial charge in [0, 0.05) is 10.2 Å². The molecule has 0 bridgehead atoms. The van der Waals surface area contributed by atoms with Crippen molar-refractivity contribution in [3.05, 3.63) is 50.9 Å². The summed E-state index contributed by atoms with van der Waals surface area (Å²) < 4.78 is 0.803. The highest BCUT2D eigenvalue weighted by molar-refractivity contribution is 9.10. The summed E-state index contributed by atoms with van der Waals surface area (Å²) in [7, 11) is 0. The predicted octanol–water partition coefficient (Wildman–Crippen LogP) is 4.98. The van der Waals surface area contributed by atoms with Gasteiger partial charge in [-0.05, 0) is 36.4 Å². The zero-order chi connectivity index (χ0) is 18.7. The van der Waals surface area contributed by atoms with Crippen LogP contribution >= 0.6 is 50.9 Å². The second kappa shape index (κ2) is 8.30. The zero-order valence-electron chi connectivity index (χ0n) is 13.0. The van der Waals surface area contributed by atoms with Gasteiger partial charge in [0.2, 0.25) is 11.1 Å². The van der Waals surface area contributed by atoms with Crippen LogP contribution in [0.3, 0.4) is 0 Å². The molecule has 6 nitrogen and oxygen atoms in total. The molecule has 0 saturated carbocycles. The largest absolute Gasteiger partial charge is 0.507 e. The van der Waals surface area contributed by atoms with E-state index in [1.165, 1.54) is 0 Å². The Hall–Kier alpha value is -1.74. The summed E-state index contributed by atoms with van der Waals surface area (Å²) in [4.78, 5) is 16.3. The summed E-state index contributed by atoms with van der Waals surface area (Å²) in [6.45, 7) is 0. The average molecular weight is 474 g/mol. The summed E-state index contributed by atoms with van der Waals surface area (Å²) >= 11 is 16.3. The lowest BCUT2D eigenvalue weighted by Gasteiger charge is -2.05. The third kappa shape index (κ3) is 4.70. The maximum atomic E-state index is 12.0. The predicted molar refractivity (Wildman–Crippen MR) is 107 cm³/mol. The molecule has 1 aromatic heterocycles. The molecule has 3 aromatic rings. The maximum Gasteiger partial charge on any atom is 0.234 e. The molecule has 0 atom stereocenters.